The summed E-state index contributed by atoms with van der Waals surface area (Å²) in [6.45, 7) is 27.7. The van der Waals surface area contributed by atoms with E-state index >= 15 is 0 Å². The van der Waals surface area contributed by atoms with E-state index in [9.17, 15) is 67.1 Å². The summed E-state index contributed by atoms with van der Waals surface area (Å²) < 4.78 is 156. The molecule has 0 radical (unpaired) electrons. The molecule has 5 aromatic carbocycles. The number of carbonyl (C=O) groups excluding carboxylic acids is 3. The van der Waals surface area contributed by atoms with E-state index in [2.05, 4.69) is 192 Å². The molecule has 3 atom stereocenters. The van der Waals surface area contributed by atoms with E-state index in [1.54, 1.807) is 72.7 Å². The molecule has 0 saturated carbocycles. The molecule has 0 fully saturated rings. The number of carbonyl (C=O) groups is 3. The Morgan fingerprint density at radius 2 is 0.716 bits per heavy atom. The molecule has 8 heterocycles. The number of amides is 2. The van der Waals surface area contributed by atoms with E-state index in [-0.39, 0.29) is 40.1 Å². The fraction of sp³-hybridized carbons (Fsp3) is 0.367. The fourth-order valence-electron chi connectivity index (χ4n) is 13.1. The second-order valence-electron chi connectivity index (χ2n) is 31.7. The first-order valence-electron chi connectivity index (χ1n) is 40.2. The average molecular weight is 2180 g/mol. The number of nitrogens with one attached hydrogen (secondary N) is 2. The number of aryl methyl sites for hydroxylation is 15. The normalized spacial score (nSPS) is 16.3. The van der Waals surface area contributed by atoms with Gasteiger partial charge in [0.15, 0.2) is 32.9 Å². The van der Waals surface area contributed by atoms with Gasteiger partial charge in [-0.2, -0.15) is 78.2 Å². The number of aromatic nitrogens is 10. The van der Waals surface area contributed by atoms with Gasteiger partial charge in [-0.1, -0.05) is 187 Å². The van der Waals surface area contributed by atoms with Gasteiger partial charge < -0.3 is 41.3 Å². The summed E-state index contributed by atoms with van der Waals surface area (Å²) in [6.07, 6.45) is -7.61. The minimum absolute atomic E-state index is 0.0509. The Balaban J connectivity index is 0.000000243. The second-order valence-corrected chi connectivity index (χ2v) is 35.8. The van der Waals surface area contributed by atoms with E-state index in [1.807, 2.05) is 109 Å². The van der Waals surface area contributed by atoms with Gasteiger partial charge in [-0.05, 0) is 148 Å². The highest BCUT2D eigenvalue weighted by molar-refractivity contribution is 9.11. The first-order valence-corrected chi connectivity index (χ1v) is 44.1. The number of benzene rings is 5. The van der Waals surface area contributed by atoms with Crippen molar-refractivity contribution in [3.05, 3.63) is 271 Å². The summed E-state index contributed by atoms with van der Waals surface area (Å²) in [4.78, 5) is 51.7. The molecule has 724 valence electrons. The maximum Gasteiger partial charge on any atom is 0.416 e. The molecular weight excluding hydrogens is 2080 g/mol. The lowest BCUT2D eigenvalue weighted by Crippen LogP contribution is -2.37. The lowest BCUT2D eigenvalue weighted by atomic mass is 9.88. The molecule has 0 saturated heterocycles. The van der Waals surface area contributed by atoms with Crippen LogP contribution >= 0.6 is 86.9 Å². The number of Topliss-reactive ketones (excluding diaryl/α,β-unsaturated/α-hetero) is 1. The van der Waals surface area contributed by atoms with Crippen molar-refractivity contribution in [3.8, 4) is 0 Å². The highest BCUT2D eigenvalue weighted by Gasteiger charge is 2.43. The Labute approximate surface area is 809 Å². The van der Waals surface area contributed by atoms with Gasteiger partial charge in [0.2, 0.25) is 11.8 Å². The minimum atomic E-state index is -4.49. The van der Waals surface area contributed by atoms with Crippen LogP contribution in [0.4, 0.5) is 52.7 Å². The van der Waals surface area contributed by atoms with Gasteiger partial charge in [-0.3, -0.25) is 37.8 Å². The summed E-state index contributed by atoms with van der Waals surface area (Å²) in [5, 5.41) is 59.7. The van der Waals surface area contributed by atoms with Crippen LogP contribution in [0.2, 0.25) is 0 Å². The Morgan fingerprint density at radius 3 is 0.978 bits per heavy atom. The van der Waals surface area contributed by atoms with Gasteiger partial charge in [0, 0.05) is 177 Å². The van der Waals surface area contributed by atoms with Gasteiger partial charge >= 0.3 is 24.7 Å². The molecule has 44 heteroatoms. The highest BCUT2D eigenvalue weighted by atomic mass is 79.9. The topological polar surface area (TPSA) is 320 Å². The summed E-state index contributed by atoms with van der Waals surface area (Å²) >= 11 is 25.0. The largest absolute Gasteiger partial charge is 0.416 e. The molecular formula is C90H100Br4Cl2F12N18O8. The van der Waals surface area contributed by atoms with Crippen molar-refractivity contribution in [1.82, 2.24) is 59.5 Å². The van der Waals surface area contributed by atoms with Crippen LogP contribution in [0.3, 0.4) is 0 Å². The van der Waals surface area contributed by atoms with Gasteiger partial charge in [-0.25, -0.2) is 0 Å². The van der Waals surface area contributed by atoms with Crippen molar-refractivity contribution in [2.45, 2.75) is 164 Å². The number of halogens is 18. The van der Waals surface area contributed by atoms with Crippen LogP contribution in [-0.2, 0) is 76.1 Å². The monoisotopic (exact) mass is 2170 g/mol. The smallest absolute Gasteiger partial charge is 0.410 e. The Morgan fingerprint density at radius 1 is 0.433 bits per heavy atom. The highest BCUT2D eigenvalue weighted by Crippen LogP contribution is 2.42. The predicted molar refractivity (Wildman–Crippen MR) is 504 cm³/mol. The molecule has 3 unspecified atom stereocenters. The number of allylic oxidation sites excluding steroid dienone is 2. The number of alkyl halides is 12. The number of nitrogens with two attached hydrogens (primary N) is 1. The maximum absolute atomic E-state index is 12.7. The summed E-state index contributed by atoms with van der Waals surface area (Å²) in [5.41, 5.74) is 20.8. The molecule has 26 nitrogen and oxygen atoms in total. The standard InChI is InChI=1S/C22H25F3N4O3.2C16H18BrN3O.2C8H7BrClNO.2C8H9F3N2.C4H7F3N2O/c1-13-5-6-15(9-16(13)19(30)7-8-20(31)26-12-22(23,24)25)18-10-21(3,32-28-18)17-11-29(4)27-14(17)2;2*1-10-5-6-12(7-14(10)17)15-8-16(3,21-19-15)13-9-20(4)18-11(13)2;2*1-5-2-3-6(4-7(5)9)8(10)11-12;2*1-5(8(9,10)11)7-4-13(3)12-6(7)2;5-4(6,7)2-9-3(10)1-8/h5-6,9,11H,7-8,10,12H2,1-4H3,(H,26,31);2*5-7,9H,8H2,1-4H3;2*2-4,12H,1H3;2*4H,1H2,2-3H3;1-2,8H2,(H,9,10)/b;;;2*11-8-;;;. The lowest BCUT2D eigenvalue weighted by Gasteiger charge is -2.20. The number of rotatable bonds is 17. The number of oxime groups is 5. The molecule has 134 heavy (non-hydrogen) atoms. The number of hydrogen-bond donors (Lipinski definition) is 5. The van der Waals surface area contributed by atoms with Crippen LogP contribution < -0.4 is 16.4 Å². The molecule has 2 amide bonds. The summed E-state index contributed by atoms with van der Waals surface area (Å²) in [6, 6.07) is 28.8. The van der Waals surface area contributed by atoms with Gasteiger partial charge in [0.1, 0.15) is 13.1 Å². The van der Waals surface area contributed by atoms with E-state index in [0.717, 1.165) is 98.2 Å². The average Bonchev–Trinajstić information content (AvgIpc) is 1.63. The number of hydrogen-bond acceptors (Lipinski definition) is 19. The van der Waals surface area contributed by atoms with Gasteiger partial charge in [0.05, 0.1) is 63.3 Å². The third-order valence-electron chi connectivity index (χ3n) is 20.3. The van der Waals surface area contributed by atoms with Crippen LogP contribution in [0.25, 0.3) is 11.1 Å². The van der Waals surface area contributed by atoms with Crippen molar-refractivity contribution >= 4 is 143 Å². The van der Waals surface area contributed by atoms with Crippen LogP contribution in [0.1, 0.15) is 175 Å². The minimum Gasteiger partial charge on any atom is -0.410 e. The molecule has 5 aromatic heterocycles. The third kappa shape index (κ3) is 32.5. The Hall–Kier alpha value is -10.8. The zero-order chi connectivity index (χ0) is 101. The van der Waals surface area contributed by atoms with Crippen molar-refractivity contribution in [1.29, 1.82) is 0 Å². The molecule has 6 N–H and O–H groups in total. The fourth-order valence-corrected chi connectivity index (χ4v) is 14.8. The second kappa shape index (κ2) is 47.6. The summed E-state index contributed by atoms with van der Waals surface area (Å²) in [5.74, 6) is -1.95. The first kappa shape index (κ1) is 112. The maximum atomic E-state index is 12.7. The van der Waals surface area contributed by atoms with E-state index < -0.39 is 84.1 Å². The SMILES string of the molecule is C=C(c1cn(C)nc1C)C(F)(F)F.C=C(c1cn(C)nc1C)C(F)(F)F.Cc1ccc(/C(Cl)=N/O)cc1Br.Cc1ccc(/C(Cl)=N/O)cc1Br.Cc1ccc(C2=NOC(C)(c3cn(C)nc3C)C2)cc1Br.Cc1ccc(C2=NOC(C)(c3cn(C)nc3C)C2)cc1Br.Cc1ccc(C2=NOC(C)(c3cn(C)nc3C)C2)cc1C(=O)CCC(=O)NCC(F)(F)F.NCC(=O)NCC(F)(F)F. The first-order chi connectivity index (χ1) is 62.0. The van der Waals surface area contributed by atoms with Crippen molar-refractivity contribution < 1.29 is 92.0 Å². The molecule has 0 bridgehead atoms. The molecule has 3 aliphatic heterocycles. The van der Waals surface area contributed by atoms with E-state index in [1.165, 1.54) is 46.7 Å². The van der Waals surface area contributed by atoms with Gasteiger partial charge in [0.25, 0.3) is 0 Å². The molecule has 0 spiro atoms. The van der Waals surface area contributed by atoms with Crippen molar-refractivity contribution in [3.63, 3.8) is 0 Å². The molecule has 0 aliphatic carbocycles. The Kier molecular flexibility index (Phi) is 39.8. The van der Waals surface area contributed by atoms with Crippen LogP contribution in [-0.4, -0.2) is 149 Å². The predicted octanol–water partition coefficient (Wildman–Crippen LogP) is 21.9. The number of nitrogens with zero attached hydrogens (tertiary/aromatic N) is 15. The van der Waals surface area contributed by atoms with Gasteiger partial charge in [-0.15, -0.1) is 0 Å². The van der Waals surface area contributed by atoms with Crippen molar-refractivity contribution in [2.75, 3.05) is 19.6 Å². The molecule has 13 rings (SSSR count). The molecule has 10 aromatic rings. The zero-order valence-corrected chi connectivity index (χ0v) is 83.9. The summed E-state index contributed by atoms with van der Waals surface area (Å²) in [7, 11) is 8.82. The van der Waals surface area contributed by atoms with E-state index in [0.29, 0.717) is 51.3 Å². The van der Waals surface area contributed by atoms with Crippen molar-refractivity contribution in [2.24, 2.45) is 66.8 Å². The number of ketones is 1. The lowest BCUT2D eigenvalue weighted by molar-refractivity contribution is -0.138. The molecule has 3 aliphatic rings. The van der Waals surface area contributed by atoms with E-state index in [4.69, 9.17) is 53.9 Å². The zero-order valence-electron chi connectivity index (χ0n) is 76.1. The quantitative estimate of drug-likeness (QED) is 0.0186. The Bertz CT molecular complexity index is 5800. The van der Waals surface area contributed by atoms with Crippen LogP contribution in [0.5, 0.6) is 0 Å². The van der Waals surface area contributed by atoms with Crippen LogP contribution in [0, 0.1) is 69.2 Å². The third-order valence-corrected chi connectivity index (χ3v) is 24.3. The van der Waals surface area contributed by atoms with Crippen LogP contribution in [0.15, 0.2) is 179 Å².